The summed E-state index contributed by atoms with van der Waals surface area (Å²) in [6, 6.07) is 12.3. The van der Waals surface area contributed by atoms with Crippen molar-refractivity contribution in [3.63, 3.8) is 0 Å². The van der Waals surface area contributed by atoms with Crippen LogP contribution < -0.4 is 10.0 Å². The molecule has 0 aliphatic carbocycles. The lowest BCUT2D eigenvalue weighted by Gasteiger charge is -2.09. The van der Waals surface area contributed by atoms with Gasteiger partial charge in [0.05, 0.1) is 10.6 Å². The van der Waals surface area contributed by atoms with Crippen molar-refractivity contribution < 1.29 is 21.6 Å². The predicted octanol–water partition coefficient (Wildman–Crippen LogP) is 4.11. The first-order valence-electron chi connectivity index (χ1n) is 10.9. The minimum atomic E-state index is -3.73. The van der Waals surface area contributed by atoms with Crippen molar-refractivity contribution in [2.75, 3.05) is 18.4 Å². The van der Waals surface area contributed by atoms with Crippen LogP contribution in [0.1, 0.15) is 6.42 Å². The van der Waals surface area contributed by atoms with Gasteiger partial charge in [0.1, 0.15) is 29.3 Å². The molecule has 0 aliphatic rings. The molecule has 0 unspecified atom stereocenters. The Labute approximate surface area is 204 Å². The number of hydrogen-bond acceptors (Lipinski definition) is 7. The smallest absolute Gasteiger partial charge is 0.306 e. The predicted molar refractivity (Wildman–Crippen MR) is 129 cm³/mol. The Balaban J connectivity index is 1.27. The zero-order valence-electron chi connectivity index (χ0n) is 18.7. The lowest BCUT2D eigenvalue weighted by atomic mass is 10.1. The second kappa shape index (κ2) is 9.84. The number of fused-ring (bicyclic) bond motifs is 1. The van der Waals surface area contributed by atoms with Crippen molar-refractivity contribution >= 4 is 21.8 Å². The first kappa shape index (κ1) is 23.6. The standard InChI is InChI=1S/C24H20F2N6O3S/c25-17-4-2-16(3-5-17)21-22(32-14-15-35-24(32)31-21)20-10-13-28-23(30-20)27-11-1-12-29-36(33,34)19-8-6-18(26)7-9-19/h2-10,13-15,29H,1,11-12H2,(H,27,28,30). The number of halogens is 2. The molecule has 0 amide bonds. The lowest BCUT2D eigenvalue weighted by molar-refractivity contribution is 0.579. The number of nitrogens with one attached hydrogen (secondary N) is 2. The number of imidazole rings is 1. The molecule has 2 aromatic carbocycles. The van der Waals surface area contributed by atoms with Crippen LogP contribution in [0.2, 0.25) is 0 Å². The third-order valence-corrected chi connectivity index (χ3v) is 6.81. The minimum Gasteiger partial charge on any atom is -0.432 e. The third kappa shape index (κ3) is 4.95. The molecule has 0 bridgehead atoms. The second-order valence-corrected chi connectivity index (χ2v) is 9.54. The first-order valence-corrected chi connectivity index (χ1v) is 12.4. The van der Waals surface area contributed by atoms with Crippen molar-refractivity contribution in [2.24, 2.45) is 0 Å². The van der Waals surface area contributed by atoms with E-state index in [9.17, 15) is 17.2 Å². The monoisotopic (exact) mass is 510 g/mol. The molecule has 0 radical (unpaired) electrons. The summed E-state index contributed by atoms with van der Waals surface area (Å²) >= 11 is 0. The second-order valence-electron chi connectivity index (χ2n) is 7.77. The van der Waals surface area contributed by atoms with Gasteiger partial charge in [-0.1, -0.05) is 0 Å². The maximum absolute atomic E-state index is 13.4. The zero-order chi connectivity index (χ0) is 25.1. The normalized spacial score (nSPS) is 11.7. The number of benzene rings is 2. The Hall–Kier alpha value is -4.16. The van der Waals surface area contributed by atoms with Crippen LogP contribution in [0.15, 0.2) is 82.6 Å². The van der Waals surface area contributed by atoms with Gasteiger partial charge in [-0.25, -0.2) is 31.9 Å². The van der Waals surface area contributed by atoms with E-state index in [2.05, 4.69) is 25.0 Å². The summed E-state index contributed by atoms with van der Waals surface area (Å²) in [5.41, 5.74) is 2.50. The summed E-state index contributed by atoms with van der Waals surface area (Å²) in [7, 11) is -3.73. The van der Waals surface area contributed by atoms with Gasteiger partial charge in [-0.2, -0.15) is 4.98 Å². The van der Waals surface area contributed by atoms with Crippen molar-refractivity contribution in [3.05, 3.63) is 84.9 Å². The van der Waals surface area contributed by atoms with Crippen molar-refractivity contribution in [3.8, 4) is 22.6 Å². The minimum absolute atomic E-state index is 0.00350. The van der Waals surface area contributed by atoms with E-state index in [4.69, 9.17) is 4.42 Å². The van der Waals surface area contributed by atoms with E-state index in [1.54, 1.807) is 35.0 Å². The maximum atomic E-state index is 13.4. The van der Waals surface area contributed by atoms with E-state index in [-0.39, 0.29) is 17.3 Å². The molecule has 0 saturated carbocycles. The zero-order valence-corrected chi connectivity index (χ0v) is 19.5. The van der Waals surface area contributed by atoms with Crippen LogP contribution in [0, 0.1) is 11.6 Å². The summed E-state index contributed by atoms with van der Waals surface area (Å²) < 4.78 is 60.7. The fourth-order valence-corrected chi connectivity index (χ4v) is 4.68. The van der Waals surface area contributed by atoms with E-state index in [0.717, 1.165) is 12.1 Å². The van der Waals surface area contributed by atoms with Crippen molar-refractivity contribution in [1.29, 1.82) is 0 Å². The van der Waals surface area contributed by atoms with E-state index in [0.29, 0.717) is 47.4 Å². The van der Waals surface area contributed by atoms with E-state index in [1.165, 1.54) is 30.5 Å². The van der Waals surface area contributed by atoms with Crippen molar-refractivity contribution in [1.82, 2.24) is 24.1 Å². The van der Waals surface area contributed by atoms with Crippen LogP contribution in [0.4, 0.5) is 14.7 Å². The van der Waals surface area contributed by atoms with Gasteiger partial charge in [0.25, 0.3) is 0 Å². The van der Waals surface area contributed by atoms with Gasteiger partial charge in [-0.15, -0.1) is 0 Å². The molecule has 2 N–H and O–H groups in total. The Morgan fingerprint density at radius 2 is 1.64 bits per heavy atom. The quantitative estimate of drug-likeness (QED) is 0.287. The molecule has 12 heteroatoms. The Morgan fingerprint density at radius 1 is 0.917 bits per heavy atom. The largest absolute Gasteiger partial charge is 0.432 e. The molecule has 184 valence electrons. The molecule has 3 aromatic heterocycles. The summed E-state index contributed by atoms with van der Waals surface area (Å²) in [5.74, 6) is -0.144. The molecule has 0 atom stereocenters. The molecule has 0 fully saturated rings. The van der Waals surface area contributed by atoms with Crippen molar-refractivity contribution in [2.45, 2.75) is 11.3 Å². The lowest BCUT2D eigenvalue weighted by Crippen LogP contribution is -2.26. The summed E-state index contributed by atoms with van der Waals surface area (Å²) in [5, 5.41) is 3.08. The van der Waals surface area contributed by atoms with Gasteiger partial charge < -0.3 is 9.73 Å². The summed E-state index contributed by atoms with van der Waals surface area (Å²) in [6.07, 6.45) is 5.27. The third-order valence-electron chi connectivity index (χ3n) is 5.33. The molecule has 5 rings (SSSR count). The number of anilines is 1. The molecule has 3 heterocycles. The van der Waals surface area contributed by atoms with E-state index < -0.39 is 15.8 Å². The average molecular weight is 511 g/mol. The summed E-state index contributed by atoms with van der Waals surface area (Å²) in [6.45, 7) is 0.563. The Morgan fingerprint density at radius 3 is 2.39 bits per heavy atom. The maximum Gasteiger partial charge on any atom is 0.306 e. The van der Waals surface area contributed by atoms with E-state index in [1.807, 2.05) is 0 Å². The van der Waals surface area contributed by atoms with Gasteiger partial charge in [-0.3, -0.25) is 4.40 Å². The summed E-state index contributed by atoms with van der Waals surface area (Å²) in [4.78, 5) is 13.3. The van der Waals surface area contributed by atoms with Crippen LogP contribution in [-0.4, -0.2) is 40.9 Å². The highest BCUT2D eigenvalue weighted by atomic mass is 32.2. The fraction of sp³-hybridized carbons (Fsp3) is 0.125. The molecule has 0 saturated heterocycles. The molecule has 9 nitrogen and oxygen atoms in total. The van der Waals surface area contributed by atoms with Gasteiger partial charge in [-0.05, 0) is 61.0 Å². The van der Waals surface area contributed by atoms with Gasteiger partial charge in [0.2, 0.25) is 16.0 Å². The van der Waals surface area contributed by atoms with Crippen LogP contribution in [0.3, 0.4) is 0 Å². The molecular weight excluding hydrogens is 490 g/mol. The van der Waals surface area contributed by atoms with Gasteiger partial charge >= 0.3 is 5.84 Å². The van der Waals surface area contributed by atoms with Gasteiger partial charge in [0.15, 0.2) is 0 Å². The Kier molecular flexibility index (Phi) is 6.44. The molecule has 36 heavy (non-hydrogen) atoms. The van der Waals surface area contributed by atoms with Crippen LogP contribution >= 0.6 is 0 Å². The SMILES string of the molecule is O=S(=O)(NCCCNc1nccc(-c2c(-c3ccc(F)cc3)nc3occn23)n1)c1ccc(F)cc1. The Bertz CT molecular complexity index is 1600. The molecular formula is C24H20F2N6O3S. The molecule has 0 aliphatic heterocycles. The number of nitrogens with zero attached hydrogens (tertiary/aromatic N) is 4. The number of oxazole rings is 1. The molecule has 5 aromatic rings. The fourth-order valence-electron chi connectivity index (χ4n) is 3.61. The first-order chi connectivity index (χ1) is 17.4. The highest BCUT2D eigenvalue weighted by Crippen LogP contribution is 2.32. The average Bonchev–Trinajstić information content (AvgIpc) is 3.46. The molecule has 0 spiro atoms. The number of hydrogen-bond donors (Lipinski definition) is 2. The van der Waals surface area contributed by atoms with E-state index >= 15 is 0 Å². The number of rotatable bonds is 9. The topological polar surface area (TPSA) is 114 Å². The highest BCUT2D eigenvalue weighted by Gasteiger charge is 2.19. The van der Waals surface area contributed by atoms with Gasteiger partial charge in [0, 0.05) is 31.0 Å². The number of aromatic nitrogens is 4. The van der Waals surface area contributed by atoms with Crippen LogP contribution in [0.5, 0.6) is 0 Å². The number of sulfonamides is 1. The van der Waals surface area contributed by atoms with Crippen LogP contribution in [0.25, 0.3) is 28.5 Å². The van der Waals surface area contributed by atoms with Crippen LogP contribution in [-0.2, 0) is 10.0 Å². The highest BCUT2D eigenvalue weighted by molar-refractivity contribution is 7.89.